The Morgan fingerprint density at radius 1 is 1.39 bits per heavy atom. The summed E-state index contributed by atoms with van der Waals surface area (Å²) in [4.78, 5) is 16.4. The van der Waals surface area contributed by atoms with Gasteiger partial charge in [0.25, 0.3) is 0 Å². The summed E-state index contributed by atoms with van der Waals surface area (Å²) in [5, 5.41) is 20.6. The number of carbonyl (C=O) groups excluding carboxylic acids is 1. The molecule has 2 N–H and O–H groups in total. The van der Waals surface area contributed by atoms with E-state index in [-0.39, 0.29) is 12.1 Å². The number of aliphatic hydroxyl groups excluding tert-OH is 1. The molecule has 3 rings (SSSR count). The molecule has 23 heavy (non-hydrogen) atoms. The van der Waals surface area contributed by atoms with E-state index >= 15 is 0 Å². The second-order valence-electron chi connectivity index (χ2n) is 5.94. The molecule has 2 amide bonds. The summed E-state index contributed by atoms with van der Waals surface area (Å²) in [6, 6.07) is -0.110. The Morgan fingerprint density at radius 3 is 2.96 bits per heavy atom. The molecule has 0 unspecified atom stereocenters. The van der Waals surface area contributed by atoms with Gasteiger partial charge < -0.3 is 14.7 Å². The largest absolute Gasteiger partial charge is 0.389 e. The van der Waals surface area contributed by atoms with Gasteiger partial charge in [-0.2, -0.15) is 0 Å². The quantitative estimate of drug-likeness (QED) is 0.785. The number of carbonyl (C=O) groups is 1. The number of hydrogen-bond acceptors (Lipinski definition) is 6. The van der Waals surface area contributed by atoms with Crippen LogP contribution in [0.15, 0.2) is 6.20 Å². The van der Waals surface area contributed by atoms with Crippen molar-refractivity contribution in [1.29, 1.82) is 0 Å². The molecular weight excluding hydrogens is 300 g/mol. The summed E-state index contributed by atoms with van der Waals surface area (Å²) in [5.41, 5.74) is 0. The van der Waals surface area contributed by atoms with Crippen molar-refractivity contribution in [3.05, 3.63) is 6.20 Å². The van der Waals surface area contributed by atoms with Crippen molar-refractivity contribution in [2.45, 2.75) is 32.0 Å². The Labute approximate surface area is 135 Å². The lowest BCUT2D eigenvalue weighted by Gasteiger charge is -2.28. The number of aryl methyl sites for hydroxylation is 1. The predicted molar refractivity (Wildman–Crippen MR) is 83.1 cm³/mol. The number of aromatic nitrogens is 3. The fraction of sp³-hybridized carbons (Fsp3) is 0.786. The van der Waals surface area contributed by atoms with Crippen molar-refractivity contribution in [3.63, 3.8) is 0 Å². The number of amides is 2. The van der Waals surface area contributed by atoms with Crippen LogP contribution in [0.3, 0.4) is 0 Å². The van der Waals surface area contributed by atoms with Crippen LogP contribution < -0.4 is 5.32 Å². The van der Waals surface area contributed by atoms with Gasteiger partial charge >= 0.3 is 6.03 Å². The standard InChI is InChI=1S/C14H24N6O3/c1-2-20-8-13(16-17-20)15-14(22)19-5-3-4-18(6-7-19)11-9-23-10-12(11)21/h8,11-12,21H,2-7,9-10H2,1H3,(H,15,22)/t11-,12-/m0/s1. The number of nitrogens with zero attached hydrogens (tertiary/aromatic N) is 5. The van der Waals surface area contributed by atoms with Crippen LogP contribution in [0.25, 0.3) is 0 Å². The fourth-order valence-electron chi connectivity index (χ4n) is 3.05. The van der Waals surface area contributed by atoms with E-state index in [0.717, 1.165) is 19.5 Å². The molecule has 9 nitrogen and oxygen atoms in total. The maximum Gasteiger partial charge on any atom is 0.323 e. The normalized spacial score (nSPS) is 26.3. The molecule has 0 radical (unpaired) electrons. The van der Waals surface area contributed by atoms with Crippen molar-refractivity contribution in [2.24, 2.45) is 0 Å². The summed E-state index contributed by atoms with van der Waals surface area (Å²) < 4.78 is 7.00. The first-order chi connectivity index (χ1) is 11.2. The van der Waals surface area contributed by atoms with Crippen LogP contribution in [0.2, 0.25) is 0 Å². The molecule has 2 aliphatic rings. The molecular formula is C14H24N6O3. The zero-order chi connectivity index (χ0) is 16.2. The van der Waals surface area contributed by atoms with Crippen LogP contribution in [-0.2, 0) is 11.3 Å². The lowest BCUT2D eigenvalue weighted by molar-refractivity contribution is 0.0845. The van der Waals surface area contributed by atoms with Crippen LogP contribution in [0.5, 0.6) is 0 Å². The number of nitrogens with one attached hydrogen (secondary N) is 1. The molecule has 9 heteroatoms. The van der Waals surface area contributed by atoms with E-state index in [1.54, 1.807) is 15.8 Å². The van der Waals surface area contributed by atoms with E-state index < -0.39 is 6.10 Å². The molecule has 0 bridgehead atoms. The molecule has 2 atom stereocenters. The van der Waals surface area contributed by atoms with E-state index in [1.807, 2.05) is 6.92 Å². The van der Waals surface area contributed by atoms with E-state index in [2.05, 4.69) is 20.5 Å². The summed E-state index contributed by atoms with van der Waals surface area (Å²) in [6.07, 6.45) is 2.16. The fourth-order valence-corrected chi connectivity index (χ4v) is 3.05. The van der Waals surface area contributed by atoms with Gasteiger partial charge in [-0.3, -0.25) is 14.9 Å². The van der Waals surface area contributed by atoms with Crippen molar-refractivity contribution < 1.29 is 14.6 Å². The lowest BCUT2D eigenvalue weighted by Crippen LogP contribution is -2.45. The van der Waals surface area contributed by atoms with Crippen LogP contribution in [0.1, 0.15) is 13.3 Å². The molecule has 0 aromatic carbocycles. The molecule has 1 aromatic heterocycles. The molecule has 2 saturated heterocycles. The average Bonchev–Trinajstić information content (AvgIpc) is 3.10. The molecule has 0 spiro atoms. The minimum Gasteiger partial charge on any atom is -0.389 e. The molecule has 0 saturated carbocycles. The smallest absolute Gasteiger partial charge is 0.323 e. The van der Waals surface area contributed by atoms with Crippen LogP contribution in [-0.4, -0.2) is 87.5 Å². The molecule has 128 valence electrons. The SMILES string of the molecule is CCn1cc(NC(=O)N2CCCN([C@H]3COC[C@@H]3O)CC2)nn1. The highest BCUT2D eigenvalue weighted by Gasteiger charge is 2.33. The lowest BCUT2D eigenvalue weighted by atomic mass is 10.2. The second kappa shape index (κ2) is 7.24. The van der Waals surface area contributed by atoms with Crippen molar-refractivity contribution >= 4 is 11.8 Å². The van der Waals surface area contributed by atoms with Gasteiger partial charge in [-0.05, 0) is 13.3 Å². The molecule has 2 fully saturated rings. The Kier molecular flexibility index (Phi) is 5.09. The third kappa shape index (κ3) is 3.80. The van der Waals surface area contributed by atoms with Gasteiger partial charge in [0.2, 0.25) is 0 Å². The van der Waals surface area contributed by atoms with E-state index in [0.29, 0.717) is 38.7 Å². The second-order valence-corrected chi connectivity index (χ2v) is 5.94. The minimum atomic E-state index is -0.431. The Hall–Kier alpha value is -1.71. The van der Waals surface area contributed by atoms with Gasteiger partial charge in [0.1, 0.15) is 0 Å². The number of ether oxygens (including phenoxy) is 1. The molecule has 2 aliphatic heterocycles. The molecule has 3 heterocycles. The van der Waals surface area contributed by atoms with E-state index in [4.69, 9.17) is 4.74 Å². The first-order valence-electron chi connectivity index (χ1n) is 8.13. The van der Waals surface area contributed by atoms with Gasteiger partial charge in [-0.25, -0.2) is 4.79 Å². The monoisotopic (exact) mass is 324 g/mol. The van der Waals surface area contributed by atoms with Gasteiger partial charge in [0.15, 0.2) is 5.82 Å². The summed E-state index contributed by atoms with van der Waals surface area (Å²) >= 11 is 0. The first kappa shape index (κ1) is 16.2. The number of anilines is 1. The zero-order valence-electron chi connectivity index (χ0n) is 13.4. The number of hydrogen-bond donors (Lipinski definition) is 2. The van der Waals surface area contributed by atoms with E-state index in [1.165, 1.54) is 0 Å². The Balaban J connectivity index is 1.53. The van der Waals surface area contributed by atoms with Gasteiger partial charge in [0, 0.05) is 32.7 Å². The summed E-state index contributed by atoms with van der Waals surface area (Å²) in [7, 11) is 0. The van der Waals surface area contributed by atoms with Crippen LogP contribution >= 0.6 is 0 Å². The van der Waals surface area contributed by atoms with Gasteiger partial charge in [0.05, 0.1) is 31.6 Å². The Bertz CT molecular complexity index is 536. The molecule has 0 aliphatic carbocycles. The molecule has 1 aromatic rings. The number of urea groups is 1. The average molecular weight is 324 g/mol. The summed E-state index contributed by atoms with van der Waals surface area (Å²) in [5.74, 6) is 0.470. The summed E-state index contributed by atoms with van der Waals surface area (Å²) in [6.45, 7) is 6.55. The van der Waals surface area contributed by atoms with E-state index in [9.17, 15) is 9.90 Å². The zero-order valence-corrected chi connectivity index (χ0v) is 13.4. The van der Waals surface area contributed by atoms with Crippen molar-refractivity contribution in [3.8, 4) is 0 Å². The third-order valence-corrected chi connectivity index (χ3v) is 4.41. The van der Waals surface area contributed by atoms with Crippen molar-refractivity contribution in [1.82, 2.24) is 24.8 Å². The maximum atomic E-state index is 12.4. The Morgan fingerprint density at radius 2 is 2.26 bits per heavy atom. The van der Waals surface area contributed by atoms with Crippen LogP contribution in [0, 0.1) is 0 Å². The van der Waals surface area contributed by atoms with Gasteiger partial charge in [-0.1, -0.05) is 5.21 Å². The van der Waals surface area contributed by atoms with Crippen molar-refractivity contribution in [2.75, 3.05) is 44.7 Å². The maximum absolute atomic E-state index is 12.4. The first-order valence-corrected chi connectivity index (χ1v) is 8.13. The highest BCUT2D eigenvalue weighted by molar-refractivity contribution is 5.88. The number of rotatable bonds is 3. The van der Waals surface area contributed by atoms with Crippen LogP contribution in [0.4, 0.5) is 10.6 Å². The minimum absolute atomic E-state index is 0.0439. The highest BCUT2D eigenvalue weighted by atomic mass is 16.5. The number of aliphatic hydroxyl groups is 1. The van der Waals surface area contributed by atoms with Gasteiger partial charge in [-0.15, -0.1) is 5.10 Å². The predicted octanol–water partition coefficient (Wildman–Crippen LogP) is -0.403. The highest BCUT2D eigenvalue weighted by Crippen LogP contribution is 2.16. The third-order valence-electron chi connectivity index (χ3n) is 4.41. The topological polar surface area (TPSA) is 95.8 Å².